The first-order valence-electron chi connectivity index (χ1n) is 13.3. The van der Waals surface area contributed by atoms with Gasteiger partial charge in [-0.05, 0) is 54.5 Å². The van der Waals surface area contributed by atoms with Crippen molar-refractivity contribution in [3.63, 3.8) is 0 Å². The van der Waals surface area contributed by atoms with Gasteiger partial charge < -0.3 is 10.6 Å². The minimum absolute atomic E-state index is 0.0359. The fourth-order valence-corrected chi connectivity index (χ4v) is 7.37. The highest BCUT2D eigenvalue weighted by Crippen LogP contribution is 2.35. The third kappa shape index (κ3) is 7.63. The number of hydrogen-bond donors (Lipinski definition) is 2. The lowest BCUT2D eigenvalue weighted by Crippen LogP contribution is -2.48. The molecule has 2 N–H and O–H groups in total. The molecule has 1 aliphatic carbocycles. The van der Waals surface area contributed by atoms with Crippen molar-refractivity contribution in [2.75, 3.05) is 20.1 Å². The van der Waals surface area contributed by atoms with Gasteiger partial charge in [0.1, 0.15) is 11.9 Å². The van der Waals surface area contributed by atoms with E-state index in [4.69, 9.17) is 0 Å². The Labute approximate surface area is 240 Å². The summed E-state index contributed by atoms with van der Waals surface area (Å²) in [7, 11) is -3.46. The lowest BCUT2D eigenvalue weighted by atomic mass is 9.97. The van der Waals surface area contributed by atoms with E-state index in [0.29, 0.717) is 29.3 Å². The van der Waals surface area contributed by atoms with Crippen LogP contribution in [0, 0.1) is 11.7 Å². The summed E-state index contributed by atoms with van der Waals surface area (Å²) in [6.45, 7) is -0.160. The molecule has 222 valence electrons. The van der Waals surface area contributed by atoms with Crippen molar-refractivity contribution in [1.82, 2.24) is 14.9 Å². The summed E-state index contributed by atoms with van der Waals surface area (Å²) in [5, 5.41) is 6.52. The van der Waals surface area contributed by atoms with Crippen molar-refractivity contribution < 1.29 is 35.6 Å². The zero-order valence-corrected chi connectivity index (χ0v) is 24.0. The predicted octanol–water partition coefficient (Wildman–Crippen LogP) is 5.56. The zero-order valence-electron chi connectivity index (χ0n) is 22.3. The van der Waals surface area contributed by atoms with Crippen LogP contribution in [0.25, 0.3) is 10.1 Å². The summed E-state index contributed by atoms with van der Waals surface area (Å²) in [5.74, 6) is -1.67. The van der Waals surface area contributed by atoms with Gasteiger partial charge in [0.05, 0.1) is 15.3 Å². The van der Waals surface area contributed by atoms with Gasteiger partial charge in [0.15, 0.2) is 0 Å². The maximum atomic E-state index is 13.4. The normalized spacial score (nSPS) is 15.4. The fourth-order valence-electron chi connectivity index (χ4n) is 5.01. The summed E-state index contributed by atoms with van der Waals surface area (Å²) < 4.78 is 80.9. The zero-order chi connectivity index (χ0) is 29.8. The highest BCUT2D eigenvalue weighted by Gasteiger charge is 2.39. The molecule has 1 fully saturated rings. The van der Waals surface area contributed by atoms with E-state index in [1.54, 1.807) is 6.07 Å². The number of alkyl halides is 3. The molecule has 0 radical (unpaired) electrons. The Bertz CT molecular complexity index is 1470. The Kier molecular flexibility index (Phi) is 9.70. The second-order valence-corrected chi connectivity index (χ2v) is 13.3. The number of hydrogen-bond acceptors (Lipinski definition) is 5. The second kappa shape index (κ2) is 12.9. The smallest absolute Gasteiger partial charge is 0.354 e. The van der Waals surface area contributed by atoms with E-state index in [9.17, 15) is 35.6 Å². The summed E-state index contributed by atoms with van der Waals surface area (Å²) in [5.41, 5.74) is -1.58. The van der Waals surface area contributed by atoms with E-state index in [-0.39, 0.29) is 31.5 Å². The average Bonchev–Trinajstić information content (AvgIpc) is 3.59. The number of nitrogens with one attached hydrogen (secondary N) is 2. The first-order valence-corrected chi connectivity index (χ1v) is 15.5. The quantitative estimate of drug-likeness (QED) is 0.219. The second-order valence-electron chi connectivity index (χ2n) is 10.2. The summed E-state index contributed by atoms with van der Waals surface area (Å²) in [6, 6.07) is 9.98. The van der Waals surface area contributed by atoms with E-state index in [2.05, 4.69) is 10.6 Å². The monoisotopic (exact) mass is 613 g/mol. The van der Waals surface area contributed by atoms with Gasteiger partial charge in [0.25, 0.3) is 5.91 Å². The number of fused-ring (bicyclic) bond motifs is 1. The van der Waals surface area contributed by atoms with Crippen LogP contribution in [0.5, 0.6) is 0 Å². The number of benzene rings is 2. The van der Waals surface area contributed by atoms with E-state index in [1.165, 1.54) is 11.3 Å². The Hall–Kier alpha value is -3.03. The van der Waals surface area contributed by atoms with Crippen molar-refractivity contribution >= 4 is 43.3 Å². The van der Waals surface area contributed by atoms with Crippen LogP contribution >= 0.6 is 11.3 Å². The van der Waals surface area contributed by atoms with Gasteiger partial charge in [0.2, 0.25) is 15.9 Å². The molecule has 0 bridgehead atoms. The van der Waals surface area contributed by atoms with Crippen LogP contribution in [0.3, 0.4) is 0 Å². The molecule has 0 spiro atoms. The van der Waals surface area contributed by atoms with Gasteiger partial charge in [-0.25, -0.2) is 17.1 Å². The molecule has 0 saturated heterocycles. The van der Waals surface area contributed by atoms with Crippen molar-refractivity contribution in [2.24, 2.45) is 5.92 Å². The van der Waals surface area contributed by atoms with Crippen LogP contribution in [0.15, 0.2) is 53.4 Å². The molecule has 2 amide bonds. The highest BCUT2D eigenvalue weighted by atomic mass is 32.2. The van der Waals surface area contributed by atoms with Crippen LogP contribution < -0.4 is 10.6 Å². The van der Waals surface area contributed by atoms with E-state index in [0.717, 1.165) is 47.1 Å². The van der Waals surface area contributed by atoms with Crippen molar-refractivity contribution in [2.45, 2.75) is 55.6 Å². The van der Waals surface area contributed by atoms with Gasteiger partial charge in [-0.3, -0.25) is 9.59 Å². The summed E-state index contributed by atoms with van der Waals surface area (Å²) >= 11 is 1.33. The lowest BCUT2D eigenvalue weighted by molar-refractivity contribution is -0.140. The molecule has 1 atom stereocenters. The SMILES string of the molecule is CN(CCCNC(=O)[C@H](CC1CCCC1)NC(=O)c1cc2ccccc2s1)S(=O)(=O)c1ccc(F)cc1C(F)(F)F. The van der Waals surface area contributed by atoms with E-state index < -0.39 is 44.4 Å². The van der Waals surface area contributed by atoms with Crippen LogP contribution in [0.1, 0.15) is 53.8 Å². The topological polar surface area (TPSA) is 95.6 Å². The van der Waals surface area contributed by atoms with Gasteiger partial charge in [0, 0.05) is 24.8 Å². The molecule has 0 unspecified atom stereocenters. The van der Waals surface area contributed by atoms with Crippen LogP contribution in [-0.4, -0.2) is 50.7 Å². The first kappa shape index (κ1) is 30.9. The van der Waals surface area contributed by atoms with Gasteiger partial charge >= 0.3 is 6.18 Å². The Balaban J connectivity index is 1.36. The van der Waals surface area contributed by atoms with Gasteiger partial charge in [-0.2, -0.15) is 13.2 Å². The molecule has 4 rings (SSSR count). The molecule has 1 aliphatic rings. The van der Waals surface area contributed by atoms with Gasteiger partial charge in [-0.1, -0.05) is 43.9 Å². The maximum Gasteiger partial charge on any atom is 0.417 e. The van der Waals surface area contributed by atoms with Crippen LogP contribution in [0.4, 0.5) is 17.6 Å². The third-order valence-corrected chi connectivity index (χ3v) is 10.2. The van der Waals surface area contributed by atoms with Gasteiger partial charge in [-0.15, -0.1) is 11.3 Å². The number of carbonyl (C=O) groups excluding carboxylic acids is 2. The molecule has 0 aliphatic heterocycles. The number of sulfonamides is 1. The fraction of sp³-hybridized carbons (Fsp3) is 0.429. The van der Waals surface area contributed by atoms with Crippen molar-refractivity contribution in [1.29, 1.82) is 0 Å². The Morgan fingerprint density at radius 2 is 1.80 bits per heavy atom. The molecule has 7 nitrogen and oxygen atoms in total. The largest absolute Gasteiger partial charge is 0.417 e. The molecule has 1 saturated carbocycles. The average molecular weight is 614 g/mol. The van der Waals surface area contributed by atoms with Crippen molar-refractivity contribution in [3.8, 4) is 0 Å². The molecule has 2 aromatic carbocycles. The van der Waals surface area contributed by atoms with Crippen molar-refractivity contribution in [3.05, 3.63) is 64.8 Å². The highest BCUT2D eigenvalue weighted by molar-refractivity contribution is 7.89. The Morgan fingerprint density at radius 3 is 2.49 bits per heavy atom. The Morgan fingerprint density at radius 1 is 1.10 bits per heavy atom. The summed E-state index contributed by atoms with van der Waals surface area (Å²) in [4.78, 5) is 25.6. The first-order chi connectivity index (χ1) is 19.4. The number of carbonyl (C=O) groups is 2. The standard InChI is InChI=1S/C28H31F4N3O4S2/c1-35(41(38,39)25-12-11-20(29)17-21(25)28(30,31)32)14-6-13-33-26(36)22(15-18-7-2-3-8-18)34-27(37)24-16-19-9-4-5-10-23(19)40-24/h4-5,9-12,16-18,22H,2-3,6-8,13-15H2,1H3,(H,33,36)(H,34,37)/t22-/m0/s1. The number of thiophene rings is 1. The predicted molar refractivity (Wildman–Crippen MR) is 148 cm³/mol. The van der Waals surface area contributed by atoms with E-state index >= 15 is 0 Å². The number of amides is 2. The molecule has 13 heteroatoms. The lowest BCUT2D eigenvalue weighted by Gasteiger charge is -2.22. The van der Waals surface area contributed by atoms with Crippen LogP contribution in [0.2, 0.25) is 0 Å². The molecule has 41 heavy (non-hydrogen) atoms. The summed E-state index contributed by atoms with van der Waals surface area (Å²) in [6.07, 6.45) is -0.425. The van der Waals surface area contributed by atoms with Crippen LogP contribution in [-0.2, 0) is 21.0 Å². The molecule has 3 aromatic rings. The number of nitrogens with zero attached hydrogens (tertiary/aromatic N) is 1. The maximum absolute atomic E-state index is 13.4. The molecule has 1 heterocycles. The number of rotatable bonds is 11. The minimum Gasteiger partial charge on any atom is -0.354 e. The number of halogens is 4. The van der Waals surface area contributed by atoms with E-state index in [1.807, 2.05) is 24.3 Å². The molecular weight excluding hydrogens is 582 g/mol. The molecule has 1 aromatic heterocycles. The third-order valence-electron chi connectivity index (χ3n) is 7.20. The minimum atomic E-state index is -5.06. The molecular formula is C28H31F4N3O4S2.